The molecule has 0 spiro atoms. The van der Waals surface area contributed by atoms with Gasteiger partial charge < -0.3 is 0 Å². The first-order chi connectivity index (χ1) is 10.8. The first kappa shape index (κ1) is 12.7. The number of benzene rings is 2. The van der Waals surface area contributed by atoms with Crippen molar-refractivity contribution in [3.63, 3.8) is 0 Å². The van der Waals surface area contributed by atoms with Gasteiger partial charge in [0.05, 0.1) is 16.8 Å². The summed E-state index contributed by atoms with van der Waals surface area (Å²) in [5.41, 5.74) is 5.64. The molecule has 4 rings (SSSR count). The molecular weight excluding hydrogens is 272 g/mol. The number of aryl methyl sites for hydroxylation is 1. The van der Waals surface area contributed by atoms with Crippen LogP contribution in [0.3, 0.4) is 0 Å². The molecule has 0 saturated carbocycles. The topological polar surface area (TPSA) is 54.5 Å². The van der Waals surface area contributed by atoms with Crippen LogP contribution in [0, 0.1) is 6.92 Å². The van der Waals surface area contributed by atoms with E-state index < -0.39 is 0 Å². The molecule has 2 aromatic heterocycles. The van der Waals surface area contributed by atoms with Gasteiger partial charge in [-0.1, -0.05) is 60.7 Å². The summed E-state index contributed by atoms with van der Waals surface area (Å²) in [4.78, 5) is 0. The van der Waals surface area contributed by atoms with Gasteiger partial charge in [-0.3, -0.25) is 5.10 Å². The zero-order valence-corrected chi connectivity index (χ0v) is 12.1. The monoisotopic (exact) mass is 286 g/mol. The molecule has 2 heterocycles. The van der Waals surface area contributed by atoms with Gasteiger partial charge in [0.1, 0.15) is 11.2 Å². The van der Waals surface area contributed by atoms with Crippen molar-refractivity contribution in [3.05, 3.63) is 66.4 Å². The summed E-state index contributed by atoms with van der Waals surface area (Å²) in [6.07, 6.45) is 0. The highest BCUT2D eigenvalue weighted by Gasteiger charge is 2.16. The van der Waals surface area contributed by atoms with Gasteiger partial charge in [0.2, 0.25) is 0 Å². The molecule has 1 N–H and O–H groups in total. The van der Waals surface area contributed by atoms with Crippen molar-refractivity contribution in [1.29, 1.82) is 0 Å². The van der Waals surface area contributed by atoms with Crippen molar-refractivity contribution < 1.29 is 0 Å². The molecule has 0 fully saturated rings. The average Bonchev–Trinajstić information content (AvgIpc) is 3.03. The van der Waals surface area contributed by atoms with E-state index in [-0.39, 0.29) is 0 Å². The van der Waals surface area contributed by atoms with E-state index in [9.17, 15) is 0 Å². The summed E-state index contributed by atoms with van der Waals surface area (Å²) in [6.45, 7) is 1.96. The lowest BCUT2D eigenvalue weighted by atomic mass is 10.0. The van der Waals surface area contributed by atoms with E-state index in [1.165, 1.54) is 0 Å². The van der Waals surface area contributed by atoms with Crippen molar-refractivity contribution in [1.82, 2.24) is 20.4 Å². The van der Waals surface area contributed by atoms with Crippen LogP contribution in [0.5, 0.6) is 0 Å². The molecule has 106 valence electrons. The quantitative estimate of drug-likeness (QED) is 0.606. The Morgan fingerprint density at radius 2 is 1.41 bits per heavy atom. The van der Waals surface area contributed by atoms with Crippen LogP contribution in [-0.4, -0.2) is 20.4 Å². The van der Waals surface area contributed by atoms with Crippen LogP contribution in [0.2, 0.25) is 0 Å². The van der Waals surface area contributed by atoms with Crippen molar-refractivity contribution >= 4 is 10.9 Å². The summed E-state index contributed by atoms with van der Waals surface area (Å²) in [5.74, 6) is 0. The largest absolute Gasteiger partial charge is 0.276 e. The van der Waals surface area contributed by atoms with Crippen LogP contribution in [0.4, 0.5) is 0 Å². The maximum Gasteiger partial charge on any atom is 0.123 e. The van der Waals surface area contributed by atoms with Gasteiger partial charge in [0.15, 0.2) is 0 Å². The van der Waals surface area contributed by atoms with E-state index in [4.69, 9.17) is 0 Å². The molecule has 0 amide bonds. The van der Waals surface area contributed by atoms with E-state index in [0.717, 1.165) is 39.1 Å². The van der Waals surface area contributed by atoms with Gasteiger partial charge in [0.25, 0.3) is 0 Å². The minimum Gasteiger partial charge on any atom is -0.276 e. The number of fused-ring (bicyclic) bond motifs is 1. The summed E-state index contributed by atoms with van der Waals surface area (Å²) < 4.78 is 0. The normalized spacial score (nSPS) is 11.0. The zero-order chi connectivity index (χ0) is 14.9. The molecule has 4 nitrogen and oxygen atoms in total. The van der Waals surface area contributed by atoms with E-state index in [1.807, 2.05) is 55.5 Å². The Balaban J connectivity index is 2.01. The number of hydrogen-bond acceptors (Lipinski definition) is 3. The fraction of sp³-hybridized carbons (Fsp3) is 0.0556. The van der Waals surface area contributed by atoms with Crippen LogP contribution in [0.1, 0.15) is 5.69 Å². The molecule has 0 unspecified atom stereocenters. The van der Waals surface area contributed by atoms with E-state index >= 15 is 0 Å². The van der Waals surface area contributed by atoms with Gasteiger partial charge in [-0.2, -0.15) is 10.2 Å². The first-order valence-corrected chi connectivity index (χ1v) is 7.17. The molecule has 4 aromatic rings. The minimum absolute atomic E-state index is 0.805. The third-order valence-electron chi connectivity index (χ3n) is 3.76. The Hall–Kier alpha value is -3.01. The molecule has 0 saturated heterocycles. The lowest BCUT2D eigenvalue weighted by Crippen LogP contribution is -1.93. The maximum atomic E-state index is 4.50. The molecule has 2 aromatic carbocycles. The number of nitrogens with one attached hydrogen (secondary N) is 1. The molecule has 0 aliphatic heterocycles. The summed E-state index contributed by atoms with van der Waals surface area (Å²) in [5, 5.41) is 17.4. The second-order valence-electron chi connectivity index (χ2n) is 5.19. The smallest absolute Gasteiger partial charge is 0.123 e. The lowest BCUT2D eigenvalue weighted by Gasteiger charge is -2.04. The van der Waals surface area contributed by atoms with Gasteiger partial charge >= 0.3 is 0 Å². The van der Waals surface area contributed by atoms with Gasteiger partial charge in [-0.15, -0.1) is 5.10 Å². The molecule has 0 aliphatic rings. The molecule has 4 heteroatoms. The molecule has 22 heavy (non-hydrogen) atoms. The maximum absolute atomic E-state index is 4.50. The Morgan fingerprint density at radius 1 is 0.773 bits per heavy atom. The Morgan fingerprint density at radius 3 is 2.09 bits per heavy atom. The number of rotatable bonds is 2. The summed E-state index contributed by atoms with van der Waals surface area (Å²) >= 11 is 0. The Kier molecular flexibility index (Phi) is 2.93. The van der Waals surface area contributed by atoms with Crippen molar-refractivity contribution in [2.75, 3.05) is 0 Å². The second kappa shape index (κ2) is 5.07. The van der Waals surface area contributed by atoms with Crippen molar-refractivity contribution in [3.8, 4) is 22.5 Å². The average molecular weight is 286 g/mol. The van der Waals surface area contributed by atoms with Crippen molar-refractivity contribution in [2.45, 2.75) is 6.92 Å². The standard InChI is InChI=1S/C18H14N4/c1-12-15-16(13-8-4-2-5-9-13)20-22-18(15)17(21-19-12)14-10-6-3-7-11-14/h2-11H,1H3,(H,20,22). The van der Waals surface area contributed by atoms with Crippen LogP contribution in [0.15, 0.2) is 60.7 Å². The fourth-order valence-corrected chi connectivity index (χ4v) is 2.69. The van der Waals surface area contributed by atoms with Crippen LogP contribution in [0.25, 0.3) is 33.4 Å². The minimum atomic E-state index is 0.805. The van der Waals surface area contributed by atoms with Crippen LogP contribution < -0.4 is 0 Å². The number of hydrogen-bond donors (Lipinski definition) is 1. The summed E-state index contributed by atoms with van der Waals surface area (Å²) in [7, 11) is 0. The predicted octanol–water partition coefficient (Wildman–Crippen LogP) is 4.00. The van der Waals surface area contributed by atoms with Crippen molar-refractivity contribution in [2.24, 2.45) is 0 Å². The highest BCUT2D eigenvalue weighted by molar-refractivity contribution is 6.00. The van der Waals surface area contributed by atoms with E-state index in [1.54, 1.807) is 0 Å². The van der Waals surface area contributed by atoms with Gasteiger partial charge in [0, 0.05) is 11.1 Å². The van der Waals surface area contributed by atoms with Gasteiger partial charge in [-0.05, 0) is 6.92 Å². The Bertz CT molecular complexity index is 927. The Labute approximate surface area is 127 Å². The highest BCUT2D eigenvalue weighted by atomic mass is 15.2. The first-order valence-electron chi connectivity index (χ1n) is 7.17. The highest BCUT2D eigenvalue weighted by Crippen LogP contribution is 2.32. The third-order valence-corrected chi connectivity index (χ3v) is 3.76. The van der Waals surface area contributed by atoms with E-state index in [2.05, 4.69) is 32.5 Å². The molecular formula is C18H14N4. The summed E-state index contributed by atoms with van der Waals surface area (Å²) in [6, 6.07) is 20.2. The van der Waals surface area contributed by atoms with Crippen LogP contribution in [-0.2, 0) is 0 Å². The van der Waals surface area contributed by atoms with E-state index in [0.29, 0.717) is 0 Å². The zero-order valence-electron chi connectivity index (χ0n) is 12.1. The predicted molar refractivity (Wildman–Crippen MR) is 87.3 cm³/mol. The molecule has 0 bridgehead atoms. The van der Waals surface area contributed by atoms with Gasteiger partial charge in [-0.25, -0.2) is 0 Å². The second-order valence-corrected chi connectivity index (χ2v) is 5.19. The number of aromatic nitrogens is 4. The fourth-order valence-electron chi connectivity index (χ4n) is 2.69. The molecule has 0 radical (unpaired) electrons. The third kappa shape index (κ3) is 1.97. The molecule has 0 aliphatic carbocycles. The number of nitrogens with zero attached hydrogens (tertiary/aromatic N) is 3. The lowest BCUT2D eigenvalue weighted by molar-refractivity contribution is 1.00. The number of aromatic amines is 1. The number of H-pyrrole nitrogens is 1. The van der Waals surface area contributed by atoms with Crippen LogP contribution >= 0.6 is 0 Å². The molecule has 0 atom stereocenters. The SMILES string of the molecule is Cc1nnc(-c2ccccc2)c2n[nH]c(-c3ccccc3)c12.